The summed E-state index contributed by atoms with van der Waals surface area (Å²) in [6.45, 7) is 4.32. The molecule has 0 N–H and O–H groups in total. The predicted molar refractivity (Wildman–Crippen MR) is 140 cm³/mol. The van der Waals surface area contributed by atoms with Gasteiger partial charge in [-0.25, -0.2) is 4.39 Å². The molecule has 2 aromatic carbocycles. The minimum atomic E-state index is -0.141. The number of hydrogen-bond acceptors (Lipinski definition) is 2. The molecule has 0 amide bonds. The van der Waals surface area contributed by atoms with Crippen LogP contribution in [0.3, 0.4) is 0 Å². The lowest BCUT2D eigenvalue weighted by Gasteiger charge is -2.54. The molecule has 3 aliphatic carbocycles. The van der Waals surface area contributed by atoms with Crippen LogP contribution in [0.4, 0.5) is 4.39 Å². The summed E-state index contributed by atoms with van der Waals surface area (Å²) in [5.74, 6) is -0.141. The van der Waals surface area contributed by atoms with Crippen molar-refractivity contribution in [2.45, 2.75) is 109 Å². The Morgan fingerprint density at radius 1 is 0.771 bits per heavy atom. The van der Waals surface area contributed by atoms with Crippen LogP contribution in [0, 0.1) is 33.9 Å². The van der Waals surface area contributed by atoms with Crippen molar-refractivity contribution in [2.75, 3.05) is 0 Å². The van der Waals surface area contributed by atoms with Crippen LogP contribution in [0.2, 0.25) is 0 Å². The van der Waals surface area contributed by atoms with Gasteiger partial charge in [0.1, 0.15) is 18.0 Å². The van der Waals surface area contributed by atoms with E-state index in [0.29, 0.717) is 29.4 Å². The summed E-state index contributed by atoms with van der Waals surface area (Å²) >= 11 is 0. The highest BCUT2D eigenvalue weighted by Gasteiger charge is 2.49. The third-order valence-electron chi connectivity index (χ3n) is 9.12. The van der Waals surface area contributed by atoms with E-state index < -0.39 is 0 Å². The summed E-state index contributed by atoms with van der Waals surface area (Å²) in [5.41, 5.74) is 5.41. The molecule has 2 nitrogen and oxygen atoms in total. The van der Waals surface area contributed by atoms with E-state index in [0.717, 1.165) is 54.4 Å². The molecule has 0 radical (unpaired) electrons. The van der Waals surface area contributed by atoms with Crippen LogP contribution < -0.4 is 0 Å². The lowest BCUT2D eigenvalue weighted by molar-refractivity contribution is 0.0304. The molecule has 0 atom stereocenters. The van der Waals surface area contributed by atoms with Crippen LogP contribution in [0.1, 0.15) is 118 Å². The highest BCUT2D eigenvalue weighted by Crippen LogP contribution is 2.60. The van der Waals surface area contributed by atoms with Gasteiger partial charge in [-0.15, -0.1) is 0 Å². The summed E-state index contributed by atoms with van der Waals surface area (Å²) in [7, 11) is 0. The first kappa shape index (κ1) is 25.4. The summed E-state index contributed by atoms with van der Waals surface area (Å²) in [5, 5.41) is 20.2. The number of halogens is 1. The lowest BCUT2D eigenvalue weighted by atomic mass is 9.50. The van der Waals surface area contributed by atoms with E-state index in [2.05, 4.69) is 38.1 Å². The summed E-state index contributed by atoms with van der Waals surface area (Å²) in [6.07, 6.45) is 15.4. The Kier molecular flexibility index (Phi) is 7.96. The maximum absolute atomic E-state index is 14.4. The van der Waals surface area contributed by atoms with Crippen LogP contribution >= 0.6 is 0 Å². The number of benzene rings is 2. The van der Waals surface area contributed by atoms with Crippen molar-refractivity contribution in [1.29, 1.82) is 10.5 Å². The molecular weight excluding hydrogens is 431 g/mol. The van der Waals surface area contributed by atoms with E-state index in [1.807, 2.05) is 12.1 Å². The summed E-state index contributed by atoms with van der Waals surface area (Å²) < 4.78 is 14.4. The van der Waals surface area contributed by atoms with Gasteiger partial charge < -0.3 is 0 Å². The number of rotatable bonds is 10. The van der Waals surface area contributed by atoms with E-state index in [1.54, 1.807) is 6.07 Å². The lowest BCUT2D eigenvalue weighted by Crippen LogP contribution is -2.44. The number of fused-ring (bicyclic) bond motifs is 3. The molecule has 0 heterocycles. The monoisotopic (exact) mass is 470 g/mol. The van der Waals surface area contributed by atoms with Crippen molar-refractivity contribution < 1.29 is 4.39 Å². The topological polar surface area (TPSA) is 47.6 Å². The maximum atomic E-state index is 14.4. The molecule has 5 rings (SSSR count). The third kappa shape index (κ3) is 5.16. The second kappa shape index (κ2) is 11.0. The van der Waals surface area contributed by atoms with E-state index >= 15 is 0 Å². The molecule has 184 valence electrons. The summed E-state index contributed by atoms with van der Waals surface area (Å²) in [4.78, 5) is 0. The standard InChI is InChI=1S/C32H39FN2/c1-3-5-6-14-31-15-18-32(19-16-31,20-17-31)29-13-12-25(27(22-34)28(29)23-35)10-8-24-9-11-26(7-4-2)30(33)21-24/h9,11-13,21H,3-8,10,14-20H2,1-2H3. The highest BCUT2D eigenvalue weighted by atomic mass is 19.1. The molecule has 35 heavy (non-hydrogen) atoms. The van der Waals surface area contributed by atoms with Gasteiger partial charge in [0.05, 0.1) is 11.1 Å². The van der Waals surface area contributed by atoms with E-state index in [-0.39, 0.29) is 11.2 Å². The Morgan fingerprint density at radius 2 is 1.46 bits per heavy atom. The van der Waals surface area contributed by atoms with Crippen molar-refractivity contribution in [3.63, 3.8) is 0 Å². The number of aryl methyl sites for hydroxylation is 3. The predicted octanol–water partition coefficient (Wildman–Crippen LogP) is 8.48. The third-order valence-corrected chi connectivity index (χ3v) is 9.12. The average Bonchev–Trinajstić information content (AvgIpc) is 2.89. The molecular formula is C32H39FN2. The molecule has 3 fully saturated rings. The molecule has 0 aromatic heterocycles. The van der Waals surface area contributed by atoms with Gasteiger partial charge in [-0.3, -0.25) is 0 Å². The minimum Gasteiger partial charge on any atom is -0.207 e. The van der Waals surface area contributed by atoms with Gasteiger partial charge in [-0.2, -0.15) is 10.5 Å². The SMILES string of the molecule is CCCCCC12CCC(c3ccc(CCc4ccc(CCC)c(F)c4)c(C#N)c3C#N)(CC1)CC2. The first-order chi connectivity index (χ1) is 17.0. The van der Waals surface area contributed by atoms with Crippen LogP contribution in [0.15, 0.2) is 30.3 Å². The molecule has 0 saturated heterocycles. The molecule has 2 aromatic rings. The zero-order valence-corrected chi connectivity index (χ0v) is 21.6. The zero-order chi connectivity index (χ0) is 24.9. The zero-order valence-electron chi connectivity index (χ0n) is 21.6. The van der Waals surface area contributed by atoms with Gasteiger partial charge in [-0.05, 0) is 103 Å². The van der Waals surface area contributed by atoms with Crippen molar-refractivity contribution in [2.24, 2.45) is 5.41 Å². The smallest absolute Gasteiger partial charge is 0.126 e. The van der Waals surface area contributed by atoms with Crippen molar-refractivity contribution in [3.8, 4) is 12.1 Å². The van der Waals surface area contributed by atoms with E-state index in [9.17, 15) is 14.9 Å². The van der Waals surface area contributed by atoms with Crippen LogP contribution in [0.25, 0.3) is 0 Å². The fraction of sp³-hybridized carbons (Fsp3) is 0.562. The Bertz CT molecular complexity index is 1110. The number of hydrogen-bond donors (Lipinski definition) is 0. The molecule has 3 saturated carbocycles. The average molecular weight is 471 g/mol. The van der Waals surface area contributed by atoms with Gasteiger partial charge in [0.25, 0.3) is 0 Å². The fourth-order valence-electron chi connectivity index (χ4n) is 6.83. The number of nitriles is 2. The van der Waals surface area contributed by atoms with Crippen molar-refractivity contribution in [1.82, 2.24) is 0 Å². The molecule has 2 bridgehead atoms. The van der Waals surface area contributed by atoms with Crippen LogP contribution in [0.5, 0.6) is 0 Å². The fourth-order valence-corrected chi connectivity index (χ4v) is 6.83. The molecule has 0 aliphatic heterocycles. The Hall–Kier alpha value is -2.65. The van der Waals surface area contributed by atoms with Crippen LogP contribution in [-0.2, 0) is 24.7 Å². The molecule has 3 heteroatoms. The Balaban J connectivity index is 1.53. The van der Waals surface area contributed by atoms with Gasteiger partial charge in [0, 0.05) is 0 Å². The van der Waals surface area contributed by atoms with E-state index in [4.69, 9.17) is 0 Å². The van der Waals surface area contributed by atoms with Crippen molar-refractivity contribution >= 4 is 0 Å². The Morgan fingerprint density at radius 3 is 2.06 bits per heavy atom. The highest BCUT2D eigenvalue weighted by molar-refractivity contribution is 5.57. The van der Waals surface area contributed by atoms with Gasteiger partial charge in [-0.1, -0.05) is 63.8 Å². The van der Waals surface area contributed by atoms with Crippen LogP contribution in [-0.4, -0.2) is 0 Å². The second-order valence-electron chi connectivity index (χ2n) is 11.2. The second-order valence-corrected chi connectivity index (χ2v) is 11.2. The Labute approximate surface area is 211 Å². The largest absolute Gasteiger partial charge is 0.207 e. The van der Waals surface area contributed by atoms with Gasteiger partial charge >= 0.3 is 0 Å². The molecule has 0 unspecified atom stereocenters. The normalized spacial score (nSPS) is 23.1. The maximum Gasteiger partial charge on any atom is 0.126 e. The summed E-state index contributed by atoms with van der Waals surface area (Å²) in [6, 6.07) is 14.5. The van der Waals surface area contributed by atoms with Gasteiger partial charge in [0.15, 0.2) is 0 Å². The molecule has 3 aliphatic rings. The minimum absolute atomic E-state index is 0.0555. The first-order valence-corrected chi connectivity index (χ1v) is 13.7. The van der Waals surface area contributed by atoms with E-state index in [1.165, 1.54) is 44.9 Å². The number of nitrogens with zero attached hydrogens (tertiary/aromatic N) is 2. The van der Waals surface area contributed by atoms with Gasteiger partial charge in [0.2, 0.25) is 0 Å². The van der Waals surface area contributed by atoms with Crippen molar-refractivity contribution in [3.05, 3.63) is 69.5 Å². The first-order valence-electron chi connectivity index (χ1n) is 13.7. The molecule has 0 spiro atoms. The number of unbranched alkanes of at least 4 members (excludes halogenated alkanes) is 2. The quantitative estimate of drug-likeness (QED) is 0.327.